The quantitative estimate of drug-likeness (QED) is 0.662. The zero-order chi connectivity index (χ0) is 18.4. The Morgan fingerprint density at radius 3 is 2.85 bits per heavy atom. The van der Waals surface area contributed by atoms with Gasteiger partial charge in [0.05, 0.1) is 17.3 Å². The van der Waals surface area contributed by atoms with Gasteiger partial charge < -0.3 is 16.0 Å². The van der Waals surface area contributed by atoms with Crippen molar-refractivity contribution in [2.75, 3.05) is 25.0 Å². The molecule has 2 aromatic rings. The molecule has 1 atom stereocenters. The Morgan fingerprint density at radius 2 is 2.11 bits per heavy atom. The third kappa shape index (κ3) is 5.18. The van der Waals surface area contributed by atoms with Crippen molar-refractivity contribution >= 4 is 29.9 Å². The van der Waals surface area contributed by atoms with Crippen molar-refractivity contribution in [2.24, 2.45) is 0 Å². The summed E-state index contributed by atoms with van der Waals surface area (Å²) in [5.41, 5.74) is 1.18. The molecule has 0 radical (unpaired) electrons. The number of amides is 2. The van der Waals surface area contributed by atoms with Crippen LogP contribution in [0.15, 0.2) is 49.2 Å². The lowest BCUT2D eigenvalue weighted by Gasteiger charge is -2.22. The summed E-state index contributed by atoms with van der Waals surface area (Å²) in [4.78, 5) is 24.8. The molecule has 7 nitrogen and oxygen atoms in total. The summed E-state index contributed by atoms with van der Waals surface area (Å²) in [5, 5.41) is 13.2. The average molecular weight is 390 g/mol. The first-order valence-corrected chi connectivity index (χ1v) is 8.74. The van der Waals surface area contributed by atoms with Gasteiger partial charge in [-0.3, -0.25) is 14.3 Å². The highest BCUT2D eigenvalue weighted by Crippen LogP contribution is 2.18. The van der Waals surface area contributed by atoms with Gasteiger partial charge in [0.25, 0.3) is 11.8 Å². The summed E-state index contributed by atoms with van der Waals surface area (Å²) < 4.78 is 1.84. The minimum atomic E-state index is -0.337. The second-order valence-corrected chi connectivity index (χ2v) is 6.18. The summed E-state index contributed by atoms with van der Waals surface area (Å²) in [6.07, 6.45) is 5.57. The molecule has 144 valence electrons. The third-order valence-electron chi connectivity index (χ3n) is 4.31. The van der Waals surface area contributed by atoms with Gasteiger partial charge in [0, 0.05) is 19.3 Å². The van der Waals surface area contributed by atoms with Crippen LogP contribution in [0.3, 0.4) is 0 Å². The van der Waals surface area contributed by atoms with Crippen LogP contribution in [0, 0.1) is 0 Å². The fourth-order valence-electron chi connectivity index (χ4n) is 2.96. The average Bonchev–Trinajstić information content (AvgIpc) is 3.17. The molecule has 2 heterocycles. The first-order valence-electron chi connectivity index (χ1n) is 8.74. The molecule has 2 amide bonds. The van der Waals surface area contributed by atoms with Gasteiger partial charge in [-0.1, -0.05) is 18.2 Å². The Morgan fingerprint density at radius 1 is 1.30 bits per heavy atom. The van der Waals surface area contributed by atoms with Crippen LogP contribution in [0.4, 0.5) is 5.69 Å². The minimum Gasteiger partial charge on any atom is -0.349 e. The van der Waals surface area contributed by atoms with E-state index in [0.29, 0.717) is 23.5 Å². The van der Waals surface area contributed by atoms with Gasteiger partial charge in [0.2, 0.25) is 0 Å². The third-order valence-corrected chi connectivity index (χ3v) is 4.31. The first-order chi connectivity index (χ1) is 12.7. The Labute approximate surface area is 164 Å². The van der Waals surface area contributed by atoms with E-state index < -0.39 is 0 Å². The fraction of sp³-hybridized carbons (Fsp3) is 0.316. The molecule has 8 heteroatoms. The molecule has 27 heavy (non-hydrogen) atoms. The van der Waals surface area contributed by atoms with E-state index in [4.69, 9.17) is 0 Å². The normalized spacial score (nSPS) is 16.1. The van der Waals surface area contributed by atoms with E-state index in [1.54, 1.807) is 36.4 Å². The summed E-state index contributed by atoms with van der Waals surface area (Å²) >= 11 is 0. The number of benzene rings is 1. The summed E-state index contributed by atoms with van der Waals surface area (Å²) in [5.74, 6) is -0.601. The van der Waals surface area contributed by atoms with Crippen molar-refractivity contribution in [1.29, 1.82) is 0 Å². The number of carbonyl (C=O) groups excluding carboxylic acids is 2. The number of para-hydroxylation sites is 1. The van der Waals surface area contributed by atoms with Crippen LogP contribution in [0.25, 0.3) is 0 Å². The number of hydrogen-bond donors (Lipinski definition) is 3. The number of halogens is 1. The highest BCUT2D eigenvalue weighted by molar-refractivity contribution is 6.08. The van der Waals surface area contributed by atoms with Gasteiger partial charge in [-0.05, 0) is 37.6 Å². The van der Waals surface area contributed by atoms with E-state index in [1.807, 2.05) is 10.9 Å². The molecule has 1 aromatic heterocycles. The van der Waals surface area contributed by atoms with Crippen LogP contribution < -0.4 is 16.0 Å². The minimum absolute atomic E-state index is 0. The molecule has 1 aliphatic heterocycles. The standard InChI is InChI=1S/C19H23N5O2.ClH/c1-2-10-21-18(25)15-7-3-4-8-16(15)22-19(26)17-9-12-24(23-17)14-6-5-11-20-13-14;/h2-4,7-9,12,14,20H,1,5-6,10-11,13H2,(H,21,25)(H,22,26);1H. The van der Waals surface area contributed by atoms with Gasteiger partial charge >= 0.3 is 0 Å². The van der Waals surface area contributed by atoms with Crippen LogP contribution in [0.2, 0.25) is 0 Å². The first kappa shape index (κ1) is 20.7. The van der Waals surface area contributed by atoms with Gasteiger partial charge in [0.15, 0.2) is 5.69 Å². The highest BCUT2D eigenvalue weighted by atomic mass is 35.5. The van der Waals surface area contributed by atoms with Crippen LogP contribution in [0.1, 0.15) is 39.7 Å². The summed E-state index contributed by atoms with van der Waals surface area (Å²) in [7, 11) is 0. The Kier molecular flexibility index (Phi) is 7.57. The lowest BCUT2D eigenvalue weighted by atomic mass is 10.1. The van der Waals surface area contributed by atoms with E-state index in [2.05, 4.69) is 27.6 Å². The van der Waals surface area contributed by atoms with Gasteiger partial charge in [-0.25, -0.2) is 0 Å². The molecule has 3 rings (SSSR count). The fourth-order valence-corrected chi connectivity index (χ4v) is 2.96. The molecule has 1 aliphatic rings. The van der Waals surface area contributed by atoms with Crippen molar-refractivity contribution in [2.45, 2.75) is 18.9 Å². The molecule has 1 unspecified atom stereocenters. The number of piperidine rings is 1. The molecule has 1 fully saturated rings. The molecule has 1 saturated heterocycles. The highest BCUT2D eigenvalue weighted by Gasteiger charge is 2.19. The maximum absolute atomic E-state index is 12.5. The molecule has 0 bridgehead atoms. The zero-order valence-electron chi connectivity index (χ0n) is 15.0. The van der Waals surface area contributed by atoms with Gasteiger partial charge in [0.1, 0.15) is 0 Å². The molecule has 0 aliphatic carbocycles. The molecule has 3 N–H and O–H groups in total. The number of carbonyl (C=O) groups is 2. The second kappa shape index (κ2) is 9.89. The number of nitrogens with zero attached hydrogens (tertiary/aromatic N) is 2. The molecule has 0 saturated carbocycles. The van der Waals surface area contributed by atoms with Crippen molar-refractivity contribution in [1.82, 2.24) is 20.4 Å². The maximum Gasteiger partial charge on any atom is 0.276 e. The molecular formula is C19H24ClN5O2. The van der Waals surface area contributed by atoms with Crippen LogP contribution in [0.5, 0.6) is 0 Å². The number of aromatic nitrogens is 2. The Hall–Kier alpha value is -2.64. The SMILES string of the molecule is C=CCNC(=O)c1ccccc1NC(=O)c1ccn(C2CCCNC2)n1.Cl. The zero-order valence-corrected chi connectivity index (χ0v) is 15.8. The Bertz CT molecular complexity index is 799. The van der Waals surface area contributed by atoms with Crippen molar-refractivity contribution in [3.05, 3.63) is 60.4 Å². The van der Waals surface area contributed by atoms with Crippen LogP contribution in [-0.2, 0) is 0 Å². The number of anilines is 1. The summed E-state index contributed by atoms with van der Waals surface area (Å²) in [6, 6.07) is 8.85. The van der Waals surface area contributed by atoms with E-state index in [-0.39, 0.29) is 30.3 Å². The number of hydrogen-bond acceptors (Lipinski definition) is 4. The lowest BCUT2D eigenvalue weighted by Crippen LogP contribution is -2.32. The lowest BCUT2D eigenvalue weighted by molar-refractivity contribution is 0.0959. The number of nitrogens with one attached hydrogen (secondary N) is 3. The maximum atomic E-state index is 12.5. The number of rotatable bonds is 6. The van der Waals surface area contributed by atoms with E-state index in [9.17, 15) is 9.59 Å². The van der Waals surface area contributed by atoms with Gasteiger partial charge in [-0.2, -0.15) is 5.10 Å². The predicted octanol–water partition coefficient (Wildman–Crippen LogP) is 2.40. The van der Waals surface area contributed by atoms with Gasteiger partial charge in [-0.15, -0.1) is 19.0 Å². The van der Waals surface area contributed by atoms with E-state index >= 15 is 0 Å². The monoisotopic (exact) mass is 389 g/mol. The van der Waals surface area contributed by atoms with Crippen molar-refractivity contribution in [3.8, 4) is 0 Å². The van der Waals surface area contributed by atoms with Crippen molar-refractivity contribution in [3.63, 3.8) is 0 Å². The predicted molar refractivity (Wildman–Crippen MR) is 108 cm³/mol. The topological polar surface area (TPSA) is 88.0 Å². The van der Waals surface area contributed by atoms with Crippen LogP contribution in [-0.4, -0.2) is 41.2 Å². The van der Waals surface area contributed by atoms with E-state index in [1.165, 1.54) is 0 Å². The molecule has 1 aromatic carbocycles. The molecule has 0 spiro atoms. The largest absolute Gasteiger partial charge is 0.349 e. The van der Waals surface area contributed by atoms with Crippen molar-refractivity contribution < 1.29 is 9.59 Å². The Balaban J connectivity index is 0.00000261. The van der Waals surface area contributed by atoms with Crippen LogP contribution >= 0.6 is 12.4 Å². The summed E-state index contributed by atoms with van der Waals surface area (Å²) in [6.45, 7) is 5.82. The molecular weight excluding hydrogens is 366 g/mol. The smallest absolute Gasteiger partial charge is 0.276 e. The van der Waals surface area contributed by atoms with E-state index in [0.717, 1.165) is 25.9 Å². The second-order valence-electron chi connectivity index (χ2n) is 6.18.